The third kappa shape index (κ3) is 6.20. The van der Waals surface area contributed by atoms with Crippen LogP contribution in [0.3, 0.4) is 0 Å². The number of hydrogen-bond donors (Lipinski definition) is 1. The lowest BCUT2D eigenvalue weighted by Crippen LogP contribution is -2.38. The highest BCUT2D eigenvalue weighted by Gasteiger charge is 2.28. The van der Waals surface area contributed by atoms with Crippen LogP contribution in [0.5, 0.6) is 0 Å². The van der Waals surface area contributed by atoms with E-state index in [2.05, 4.69) is 69.0 Å². The number of likely N-dealkylation sites (tertiary alicyclic amines) is 1. The fourth-order valence-electron chi connectivity index (χ4n) is 4.73. The molecule has 1 saturated heterocycles. The molecule has 1 fully saturated rings. The second-order valence-corrected chi connectivity index (χ2v) is 9.65. The van der Waals surface area contributed by atoms with Crippen molar-refractivity contribution in [1.29, 1.82) is 0 Å². The first-order valence-electron chi connectivity index (χ1n) is 11.5. The van der Waals surface area contributed by atoms with E-state index in [1.807, 2.05) is 0 Å². The minimum atomic E-state index is -0.470. The molecule has 1 aliphatic heterocycles. The molecule has 4 heteroatoms. The van der Waals surface area contributed by atoms with Crippen molar-refractivity contribution in [3.05, 3.63) is 58.7 Å². The summed E-state index contributed by atoms with van der Waals surface area (Å²) in [7, 11) is 0. The summed E-state index contributed by atoms with van der Waals surface area (Å²) in [6.45, 7) is 10.6. The normalized spacial score (nSPS) is 26.6. The van der Waals surface area contributed by atoms with Crippen molar-refractivity contribution in [3.63, 3.8) is 0 Å². The van der Waals surface area contributed by atoms with Crippen LogP contribution in [-0.2, 0) is 4.74 Å². The average Bonchev–Trinajstić information content (AvgIpc) is 3.13. The third-order valence-electron chi connectivity index (χ3n) is 6.54. The van der Waals surface area contributed by atoms with Gasteiger partial charge in [-0.3, -0.25) is 4.90 Å². The van der Waals surface area contributed by atoms with E-state index in [-0.39, 0.29) is 11.5 Å². The van der Waals surface area contributed by atoms with Crippen molar-refractivity contribution < 1.29 is 9.84 Å². The lowest BCUT2D eigenvalue weighted by atomic mass is 9.93. The number of nitrogens with zero attached hydrogens (tertiary/aromatic N) is 1. The molecule has 0 amide bonds. The predicted octanol–water partition coefficient (Wildman–Crippen LogP) is 5.73. The van der Waals surface area contributed by atoms with Crippen LogP contribution in [0.2, 0.25) is 0 Å². The van der Waals surface area contributed by atoms with Crippen molar-refractivity contribution in [2.45, 2.75) is 77.0 Å². The third-order valence-corrected chi connectivity index (χ3v) is 7.06. The molecular weight excluding hydrogens is 394 g/mol. The van der Waals surface area contributed by atoms with Crippen LogP contribution in [0, 0.1) is 19.8 Å². The maximum atomic E-state index is 10.7. The van der Waals surface area contributed by atoms with Gasteiger partial charge in [0.1, 0.15) is 0 Å². The number of aryl methyl sites for hydroxylation is 2. The summed E-state index contributed by atoms with van der Waals surface area (Å²) >= 11 is 6.43. The molecule has 166 valence electrons. The Morgan fingerprint density at radius 1 is 1.30 bits per heavy atom. The number of hydrogen-bond acceptors (Lipinski definition) is 3. The fraction of sp³-hybridized carbons (Fsp3) is 0.615. The van der Waals surface area contributed by atoms with E-state index in [1.54, 1.807) is 0 Å². The largest absolute Gasteiger partial charge is 0.389 e. The highest BCUT2D eigenvalue weighted by Crippen LogP contribution is 2.29. The standard InChI is InChI=1S/C26H38ClNO2/c1-5-26(24-11-8-18(2)13-20(24)4)30-17-23(29)16-28-12-6-7-22(28)14-21-10-9-19(3)25(27)15-21/h8-11,13,15,19,22-23,25-26,29H,5-7,12,14,16-17H2,1-4H3/t19?,22-,23+,25?,26+/m0/s1. The minimum Gasteiger partial charge on any atom is -0.389 e. The molecule has 2 aliphatic rings. The van der Waals surface area contributed by atoms with Crippen LogP contribution >= 0.6 is 11.6 Å². The molecule has 5 atom stereocenters. The molecule has 1 heterocycles. The number of ether oxygens (including phenoxy) is 1. The Hall–Kier alpha value is -1.13. The van der Waals surface area contributed by atoms with Gasteiger partial charge < -0.3 is 9.84 Å². The second-order valence-electron chi connectivity index (χ2n) is 9.14. The molecule has 3 rings (SSSR count). The van der Waals surface area contributed by atoms with E-state index in [4.69, 9.17) is 16.3 Å². The summed E-state index contributed by atoms with van der Waals surface area (Å²) < 4.78 is 6.16. The first kappa shape index (κ1) is 23.5. The van der Waals surface area contributed by atoms with Gasteiger partial charge in [-0.15, -0.1) is 11.6 Å². The fourth-order valence-corrected chi connectivity index (χ4v) is 4.98. The summed E-state index contributed by atoms with van der Waals surface area (Å²) in [5, 5.41) is 10.8. The van der Waals surface area contributed by atoms with Crippen molar-refractivity contribution >= 4 is 11.6 Å². The summed E-state index contributed by atoms with van der Waals surface area (Å²) in [4.78, 5) is 2.43. The van der Waals surface area contributed by atoms with Gasteiger partial charge in [-0.05, 0) is 68.7 Å². The molecule has 1 aliphatic carbocycles. The van der Waals surface area contributed by atoms with Gasteiger partial charge in [-0.1, -0.05) is 55.8 Å². The Balaban J connectivity index is 1.51. The summed E-state index contributed by atoms with van der Waals surface area (Å²) in [6.07, 6.45) is 10.5. The summed E-state index contributed by atoms with van der Waals surface area (Å²) in [5.41, 5.74) is 5.09. The van der Waals surface area contributed by atoms with Crippen LogP contribution in [0.15, 0.2) is 42.0 Å². The lowest BCUT2D eigenvalue weighted by Gasteiger charge is -2.29. The van der Waals surface area contributed by atoms with Crippen molar-refractivity contribution in [1.82, 2.24) is 4.90 Å². The van der Waals surface area contributed by atoms with E-state index < -0.39 is 6.10 Å². The molecule has 0 aromatic heterocycles. The van der Waals surface area contributed by atoms with Crippen LogP contribution in [0.25, 0.3) is 0 Å². The number of aliphatic hydroxyl groups excluding tert-OH is 1. The first-order chi connectivity index (χ1) is 14.4. The maximum absolute atomic E-state index is 10.7. The van der Waals surface area contributed by atoms with Gasteiger partial charge in [0.25, 0.3) is 0 Å². The van der Waals surface area contributed by atoms with Crippen LogP contribution in [0.1, 0.15) is 62.3 Å². The Labute approximate surface area is 187 Å². The zero-order chi connectivity index (χ0) is 21.7. The average molecular weight is 432 g/mol. The molecule has 1 aromatic carbocycles. The van der Waals surface area contributed by atoms with Gasteiger partial charge in [0, 0.05) is 12.6 Å². The molecule has 0 bridgehead atoms. The monoisotopic (exact) mass is 431 g/mol. The SMILES string of the molecule is CC[C@@H](OC[C@H](O)CN1CCC[C@H]1CC1=CC(Cl)C(C)C=C1)c1ccc(C)cc1C. The first-order valence-corrected chi connectivity index (χ1v) is 11.9. The van der Waals surface area contributed by atoms with Gasteiger partial charge in [0.15, 0.2) is 0 Å². The number of alkyl halides is 1. The number of benzene rings is 1. The number of allylic oxidation sites excluding steroid dienone is 3. The van der Waals surface area contributed by atoms with Crippen LogP contribution < -0.4 is 0 Å². The number of β-amino-alcohol motifs (C(OH)–C–C–N with tert-alkyl or cyclic N) is 1. The molecule has 1 N–H and O–H groups in total. The van der Waals surface area contributed by atoms with E-state index in [0.29, 0.717) is 25.1 Å². The Morgan fingerprint density at radius 3 is 2.80 bits per heavy atom. The number of rotatable bonds is 9. The van der Waals surface area contributed by atoms with E-state index in [1.165, 1.54) is 35.1 Å². The molecule has 2 unspecified atom stereocenters. The zero-order valence-electron chi connectivity index (χ0n) is 19.0. The zero-order valence-corrected chi connectivity index (χ0v) is 19.7. The van der Waals surface area contributed by atoms with Gasteiger partial charge >= 0.3 is 0 Å². The summed E-state index contributed by atoms with van der Waals surface area (Å²) in [6, 6.07) is 6.99. The highest BCUT2D eigenvalue weighted by molar-refractivity contribution is 6.22. The van der Waals surface area contributed by atoms with Gasteiger partial charge in [-0.2, -0.15) is 0 Å². The van der Waals surface area contributed by atoms with Crippen LogP contribution in [-0.4, -0.2) is 47.2 Å². The van der Waals surface area contributed by atoms with Gasteiger partial charge in [-0.25, -0.2) is 0 Å². The molecule has 0 saturated carbocycles. The Bertz CT molecular complexity index is 759. The molecule has 30 heavy (non-hydrogen) atoms. The molecule has 0 radical (unpaired) electrons. The number of halogens is 1. The van der Waals surface area contributed by atoms with Crippen molar-refractivity contribution in [2.75, 3.05) is 19.7 Å². The molecule has 0 spiro atoms. The second kappa shape index (κ2) is 10.9. The lowest BCUT2D eigenvalue weighted by molar-refractivity contribution is -0.0250. The van der Waals surface area contributed by atoms with Crippen molar-refractivity contribution in [2.24, 2.45) is 5.92 Å². The van der Waals surface area contributed by atoms with Crippen LogP contribution in [0.4, 0.5) is 0 Å². The molecular formula is C26H38ClNO2. The maximum Gasteiger partial charge on any atom is 0.0900 e. The quantitative estimate of drug-likeness (QED) is 0.507. The summed E-state index contributed by atoms with van der Waals surface area (Å²) in [5.74, 6) is 0.401. The Kier molecular flexibility index (Phi) is 8.59. The highest BCUT2D eigenvalue weighted by atomic mass is 35.5. The van der Waals surface area contributed by atoms with Gasteiger partial charge in [0.2, 0.25) is 0 Å². The van der Waals surface area contributed by atoms with E-state index in [9.17, 15) is 5.11 Å². The van der Waals surface area contributed by atoms with Crippen molar-refractivity contribution in [3.8, 4) is 0 Å². The van der Waals surface area contributed by atoms with E-state index >= 15 is 0 Å². The predicted molar refractivity (Wildman–Crippen MR) is 126 cm³/mol. The topological polar surface area (TPSA) is 32.7 Å². The Morgan fingerprint density at radius 2 is 2.10 bits per heavy atom. The smallest absolute Gasteiger partial charge is 0.0900 e. The number of aliphatic hydroxyl groups is 1. The minimum absolute atomic E-state index is 0.0369. The van der Waals surface area contributed by atoms with Gasteiger partial charge in [0.05, 0.1) is 24.2 Å². The molecule has 1 aromatic rings. The van der Waals surface area contributed by atoms with E-state index in [0.717, 1.165) is 19.4 Å². The molecule has 3 nitrogen and oxygen atoms in total.